The minimum absolute atomic E-state index is 0.0664. The van der Waals surface area contributed by atoms with Gasteiger partial charge in [-0.15, -0.1) is 5.10 Å². The number of nitrogens with zero attached hydrogens (tertiary/aromatic N) is 6. The summed E-state index contributed by atoms with van der Waals surface area (Å²) in [7, 11) is 1.64. The van der Waals surface area contributed by atoms with Crippen LogP contribution in [0.25, 0.3) is 5.69 Å². The van der Waals surface area contributed by atoms with Crippen LogP contribution in [-0.4, -0.2) is 69.3 Å². The summed E-state index contributed by atoms with van der Waals surface area (Å²) in [4.78, 5) is 16.6. The monoisotopic (exact) mass is 407 g/mol. The van der Waals surface area contributed by atoms with Crippen LogP contribution in [0.4, 0.5) is 10.5 Å². The molecule has 2 heterocycles. The third kappa shape index (κ3) is 4.57. The highest BCUT2D eigenvalue weighted by molar-refractivity contribution is 5.89. The van der Waals surface area contributed by atoms with Crippen LogP contribution >= 0.6 is 0 Å². The first-order valence-electron chi connectivity index (χ1n) is 9.89. The lowest BCUT2D eigenvalue weighted by molar-refractivity contribution is 0.140. The summed E-state index contributed by atoms with van der Waals surface area (Å²) < 4.78 is 6.94. The quantitative estimate of drug-likeness (QED) is 0.698. The molecule has 4 rings (SSSR count). The Kier molecular flexibility index (Phi) is 5.89. The van der Waals surface area contributed by atoms with Crippen LogP contribution in [0.1, 0.15) is 11.4 Å². The molecule has 1 saturated heterocycles. The summed E-state index contributed by atoms with van der Waals surface area (Å²) >= 11 is 0. The van der Waals surface area contributed by atoms with Gasteiger partial charge in [0.1, 0.15) is 5.75 Å². The molecule has 0 spiro atoms. The number of rotatable bonds is 5. The standard InChI is InChI=1S/C21H25N7O2/c1-16-4-3-5-17(14-16)22-21(29)27-12-10-26(11-13-27)15-20-23-24-25-28(20)18-6-8-19(30-2)9-7-18/h3-9,14H,10-13,15H2,1-2H3,(H,22,29). The zero-order chi connectivity index (χ0) is 20.9. The third-order valence-electron chi connectivity index (χ3n) is 5.14. The number of anilines is 1. The third-order valence-corrected chi connectivity index (χ3v) is 5.14. The Balaban J connectivity index is 1.33. The lowest BCUT2D eigenvalue weighted by Gasteiger charge is -2.34. The van der Waals surface area contributed by atoms with E-state index in [0.717, 1.165) is 41.6 Å². The summed E-state index contributed by atoms with van der Waals surface area (Å²) in [5, 5.41) is 15.1. The Morgan fingerprint density at radius 2 is 1.87 bits per heavy atom. The second-order valence-electron chi connectivity index (χ2n) is 7.27. The van der Waals surface area contributed by atoms with Crippen molar-refractivity contribution in [2.75, 3.05) is 38.6 Å². The van der Waals surface area contributed by atoms with Crippen LogP contribution in [0, 0.1) is 6.92 Å². The first-order chi connectivity index (χ1) is 14.6. The Morgan fingerprint density at radius 3 is 2.57 bits per heavy atom. The summed E-state index contributed by atoms with van der Waals surface area (Å²) in [6, 6.07) is 15.4. The van der Waals surface area contributed by atoms with Crippen LogP contribution in [0.3, 0.4) is 0 Å². The molecule has 0 radical (unpaired) electrons. The van der Waals surface area contributed by atoms with Crippen molar-refractivity contribution in [3.63, 3.8) is 0 Å². The molecule has 0 bridgehead atoms. The number of tetrazole rings is 1. The highest BCUT2D eigenvalue weighted by Crippen LogP contribution is 2.16. The highest BCUT2D eigenvalue weighted by atomic mass is 16.5. The Bertz CT molecular complexity index is 995. The maximum atomic E-state index is 12.5. The van der Waals surface area contributed by atoms with E-state index in [1.165, 1.54) is 0 Å². The molecule has 9 heteroatoms. The predicted molar refractivity (Wildman–Crippen MR) is 113 cm³/mol. The van der Waals surface area contributed by atoms with Gasteiger partial charge in [-0.2, -0.15) is 4.68 Å². The summed E-state index contributed by atoms with van der Waals surface area (Å²) in [6.45, 7) is 5.46. The predicted octanol–water partition coefficient (Wildman–Crippen LogP) is 2.33. The van der Waals surface area contributed by atoms with Gasteiger partial charge in [0.25, 0.3) is 0 Å². The molecule has 2 amide bonds. The van der Waals surface area contributed by atoms with Crippen molar-refractivity contribution in [2.45, 2.75) is 13.5 Å². The molecule has 1 aliphatic rings. The van der Waals surface area contributed by atoms with E-state index in [0.29, 0.717) is 19.6 Å². The van der Waals surface area contributed by atoms with E-state index < -0.39 is 0 Å². The molecule has 1 aliphatic heterocycles. The van der Waals surface area contributed by atoms with Gasteiger partial charge in [0.15, 0.2) is 5.82 Å². The van der Waals surface area contributed by atoms with Gasteiger partial charge < -0.3 is 15.0 Å². The molecule has 1 fully saturated rings. The minimum Gasteiger partial charge on any atom is -0.497 e. The maximum Gasteiger partial charge on any atom is 0.321 e. The van der Waals surface area contributed by atoms with Gasteiger partial charge in [-0.05, 0) is 59.3 Å². The molecule has 3 aromatic rings. The SMILES string of the molecule is COc1ccc(-n2nnnc2CN2CCN(C(=O)Nc3cccc(C)c3)CC2)cc1. The molecule has 2 aromatic carbocycles. The molecule has 1 aromatic heterocycles. The Hall–Kier alpha value is -3.46. The van der Waals surface area contributed by atoms with E-state index in [2.05, 4.69) is 25.7 Å². The molecule has 9 nitrogen and oxygen atoms in total. The number of benzene rings is 2. The van der Waals surface area contributed by atoms with Crippen molar-refractivity contribution >= 4 is 11.7 Å². The summed E-state index contributed by atoms with van der Waals surface area (Å²) in [5.74, 6) is 1.55. The second-order valence-corrected chi connectivity index (χ2v) is 7.27. The molecule has 0 atom stereocenters. The van der Waals surface area contributed by atoms with Crippen LogP contribution in [-0.2, 0) is 6.54 Å². The highest BCUT2D eigenvalue weighted by Gasteiger charge is 2.23. The molecule has 0 aliphatic carbocycles. The van der Waals surface area contributed by atoms with Crippen LogP contribution in [0.2, 0.25) is 0 Å². The fourth-order valence-electron chi connectivity index (χ4n) is 3.46. The van der Waals surface area contributed by atoms with Gasteiger partial charge in [0.2, 0.25) is 0 Å². The van der Waals surface area contributed by atoms with E-state index in [1.54, 1.807) is 11.8 Å². The lowest BCUT2D eigenvalue weighted by atomic mass is 10.2. The second kappa shape index (κ2) is 8.91. The average Bonchev–Trinajstić information content (AvgIpc) is 3.22. The molecular weight excluding hydrogens is 382 g/mol. The zero-order valence-electron chi connectivity index (χ0n) is 17.2. The number of ether oxygens (including phenoxy) is 1. The molecule has 1 N–H and O–H groups in total. The number of urea groups is 1. The number of aryl methyl sites for hydroxylation is 1. The van der Waals surface area contributed by atoms with E-state index >= 15 is 0 Å². The fourth-order valence-corrected chi connectivity index (χ4v) is 3.46. The van der Waals surface area contributed by atoms with E-state index in [4.69, 9.17) is 4.74 Å². The van der Waals surface area contributed by atoms with Crippen molar-refractivity contribution in [3.05, 3.63) is 59.9 Å². The van der Waals surface area contributed by atoms with E-state index in [1.807, 2.05) is 60.4 Å². The Labute approximate surface area is 175 Å². The van der Waals surface area contributed by atoms with Gasteiger partial charge in [0.05, 0.1) is 19.3 Å². The Morgan fingerprint density at radius 1 is 1.10 bits per heavy atom. The first kappa shape index (κ1) is 19.8. The fraction of sp³-hybridized carbons (Fsp3) is 0.333. The molecule has 0 unspecified atom stereocenters. The average molecular weight is 407 g/mol. The van der Waals surface area contributed by atoms with Crippen LogP contribution < -0.4 is 10.1 Å². The summed E-state index contributed by atoms with van der Waals surface area (Å²) in [6.07, 6.45) is 0. The molecular formula is C21H25N7O2. The van der Waals surface area contributed by atoms with E-state index in [9.17, 15) is 4.79 Å². The number of hydrogen-bond donors (Lipinski definition) is 1. The first-order valence-corrected chi connectivity index (χ1v) is 9.89. The van der Waals surface area contributed by atoms with Crippen molar-refractivity contribution in [3.8, 4) is 11.4 Å². The van der Waals surface area contributed by atoms with Gasteiger partial charge in [0, 0.05) is 31.9 Å². The number of aromatic nitrogens is 4. The number of carbonyl (C=O) groups excluding carboxylic acids is 1. The smallest absolute Gasteiger partial charge is 0.321 e. The minimum atomic E-state index is -0.0664. The van der Waals surface area contributed by atoms with Crippen molar-refractivity contribution in [2.24, 2.45) is 0 Å². The number of carbonyl (C=O) groups is 1. The van der Waals surface area contributed by atoms with Gasteiger partial charge in [-0.25, -0.2) is 4.79 Å². The molecule has 30 heavy (non-hydrogen) atoms. The topological polar surface area (TPSA) is 88.4 Å². The van der Waals surface area contributed by atoms with E-state index in [-0.39, 0.29) is 6.03 Å². The normalized spacial score (nSPS) is 14.5. The van der Waals surface area contributed by atoms with Gasteiger partial charge >= 0.3 is 6.03 Å². The van der Waals surface area contributed by atoms with Crippen molar-refractivity contribution in [1.82, 2.24) is 30.0 Å². The van der Waals surface area contributed by atoms with Gasteiger partial charge in [-0.1, -0.05) is 12.1 Å². The number of amides is 2. The van der Waals surface area contributed by atoms with Crippen molar-refractivity contribution in [1.29, 1.82) is 0 Å². The van der Waals surface area contributed by atoms with Crippen LogP contribution in [0.5, 0.6) is 5.75 Å². The lowest BCUT2D eigenvalue weighted by Crippen LogP contribution is -2.49. The number of methoxy groups -OCH3 is 1. The number of piperazine rings is 1. The number of hydrogen-bond acceptors (Lipinski definition) is 6. The largest absolute Gasteiger partial charge is 0.497 e. The maximum absolute atomic E-state index is 12.5. The molecule has 0 saturated carbocycles. The number of nitrogens with one attached hydrogen (secondary N) is 1. The molecule has 156 valence electrons. The zero-order valence-corrected chi connectivity index (χ0v) is 17.2. The summed E-state index contributed by atoms with van der Waals surface area (Å²) in [5.41, 5.74) is 2.82. The van der Waals surface area contributed by atoms with Crippen LogP contribution in [0.15, 0.2) is 48.5 Å². The van der Waals surface area contributed by atoms with Crippen molar-refractivity contribution < 1.29 is 9.53 Å². The van der Waals surface area contributed by atoms with Gasteiger partial charge in [-0.3, -0.25) is 4.90 Å².